The molecular weight excluding hydrogens is 556 g/mol. The van der Waals surface area contributed by atoms with Gasteiger partial charge in [0.1, 0.15) is 11.5 Å². The number of cyclic esters (lactones) is 1. The fourth-order valence-corrected chi connectivity index (χ4v) is 6.54. The Hall–Kier alpha value is -2.84. The van der Waals surface area contributed by atoms with Gasteiger partial charge in [-0.05, 0) is 93.9 Å². The average Bonchev–Trinajstić information content (AvgIpc) is 3.03. The number of phenols is 2. The third-order valence-corrected chi connectivity index (χ3v) is 7.62. The molecule has 4 rings (SSSR count). The molecule has 33 heavy (non-hydrogen) atoms. The molecule has 3 N–H and O–H groups in total. The van der Waals surface area contributed by atoms with Gasteiger partial charge >= 0.3 is 11.9 Å². The summed E-state index contributed by atoms with van der Waals surface area (Å²) in [6.45, 7) is 7.06. The first-order chi connectivity index (χ1) is 15.4. The first kappa shape index (κ1) is 23.3. The third-order valence-electron chi connectivity index (χ3n) is 6.07. The van der Waals surface area contributed by atoms with Gasteiger partial charge in [-0.1, -0.05) is 18.2 Å². The van der Waals surface area contributed by atoms with Crippen LogP contribution in [-0.4, -0.2) is 27.3 Å². The van der Waals surface area contributed by atoms with E-state index in [1.807, 2.05) is 0 Å². The Kier molecular flexibility index (Phi) is 5.57. The molecule has 170 valence electrons. The van der Waals surface area contributed by atoms with Crippen molar-refractivity contribution in [2.75, 3.05) is 0 Å². The van der Waals surface area contributed by atoms with Crippen molar-refractivity contribution < 1.29 is 29.6 Å². The first-order valence-electron chi connectivity index (χ1n) is 10.0. The van der Waals surface area contributed by atoms with Crippen molar-refractivity contribution in [3.63, 3.8) is 0 Å². The van der Waals surface area contributed by atoms with Crippen molar-refractivity contribution in [3.8, 4) is 11.5 Å². The minimum atomic E-state index is -1.76. The highest BCUT2D eigenvalue weighted by molar-refractivity contribution is 9.11. The van der Waals surface area contributed by atoms with Crippen molar-refractivity contribution in [3.05, 3.63) is 89.3 Å². The maximum Gasteiger partial charge on any atom is 0.340 e. The Labute approximate surface area is 207 Å². The van der Waals surface area contributed by atoms with Gasteiger partial charge in [0.05, 0.1) is 20.1 Å². The lowest BCUT2D eigenvalue weighted by Crippen LogP contribution is -2.34. The minimum absolute atomic E-state index is 0.0580. The summed E-state index contributed by atoms with van der Waals surface area (Å²) in [6.07, 6.45) is 0. The van der Waals surface area contributed by atoms with Crippen LogP contribution in [0.1, 0.15) is 59.7 Å². The number of carboxylic acid groups (broad SMARTS) is 1. The number of carbonyl (C=O) groups excluding carboxylic acids is 1. The number of carbonyl (C=O) groups is 2. The number of aryl methyl sites for hydroxylation is 4. The number of ether oxygens (including phenoxy) is 1. The molecule has 0 aromatic heterocycles. The van der Waals surface area contributed by atoms with Crippen LogP contribution in [0.15, 0.2) is 39.3 Å². The molecule has 0 bridgehead atoms. The molecule has 6 nitrogen and oxygen atoms in total. The highest BCUT2D eigenvalue weighted by atomic mass is 79.9. The van der Waals surface area contributed by atoms with Gasteiger partial charge in [-0.2, -0.15) is 0 Å². The minimum Gasteiger partial charge on any atom is -0.506 e. The molecule has 0 saturated heterocycles. The van der Waals surface area contributed by atoms with Crippen molar-refractivity contribution >= 4 is 43.8 Å². The van der Waals surface area contributed by atoms with Crippen molar-refractivity contribution in [1.29, 1.82) is 0 Å². The second-order valence-electron chi connectivity index (χ2n) is 8.20. The van der Waals surface area contributed by atoms with Gasteiger partial charge < -0.3 is 20.1 Å². The summed E-state index contributed by atoms with van der Waals surface area (Å²) in [5.74, 6) is -2.05. The van der Waals surface area contributed by atoms with Gasteiger partial charge in [0, 0.05) is 16.7 Å². The fraction of sp³-hybridized carbons (Fsp3) is 0.200. The zero-order chi connectivity index (χ0) is 24.4. The molecule has 8 heteroatoms. The lowest BCUT2D eigenvalue weighted by molar-refractivity contribution is 0.0237. The van der Waals surface area contributed by atoms with E-state index in [2.05, 4.69) is 31.9 Å². The summed E-state index contributed by atoms with van der Waals surface area (Å²) in [5, 5.41) is 31.6. The van der Waals surface area contributed by atoms with Crippen molar-refractivity contribution in [1.82, 2.24) is 0 Å². The molecule has 1 aliphatic rings. The van der Waals surface area contributed by atoms with Gasteiger partial charge in [0.2, 0.25) is 0 Å². The number of fused-ring (bicyclic) bond motifs is 1. The highest BCUT2D eigenvalue weighted by Crippen LogP contribution is 2.56. The van der Waals surface area contributed by atoms with Crippen LogP contribution in [-0.2, 0) is 10.3 Å². The average molecular weight is 576 g/mol. The summed E-state index contributed by atoms with van der Waals surface area (Å²) in [6, 6.07) is 7.89. The molecule has 0 amide bonds. The van der Waals surface area contributed by atoms with Gasteiger partial charge in [-0.3, -0.25) is 0 Å². The number of esters is 1. The molecule has 0 fully saturated rings. The standard InChI is InChI=1S/C25H20Br2O6/c1-10-8-12(3)21(28)19(26)16(10)25(17-11(2)9-13(4)22(29)20(17)27)18-14(23(30)31)6-5-7-15(18)24(32)33-25/h5-9,28-29H,1-4H3,(H,30,31). The second kappa shape index (κ2) is 7.88. The number of hydrogen-bond acceptors (Lipinski definition) is 5. The Morgan fingerprint density at radius 3 is 1.79 bits per heavy atom. The quantitative estimate of drug-likeness (QED) is 0.330. The second-order valence-corrected chi connectivity index (χ2v) is 9.79. The monoisotopic (exact) mass is 574 g/mol. The lowest BCUT2D eigenvalue weighted by atomic mass is 9.74. The Bertz CT molecular complexity index is 1310. The van der Waals surface area contributed by atoms with E-state index in [1.165, 1.54) is 18.2 Å². The largest absolute Gasteiger partial charge is 0.506 e. The van der Waals surface area contributed by atoms with Crippen LogP contribution in [0.5, 0.6) is 11.5 Å². The van der Waals surface area contributed by atoms with Gasteiger partial charge in [0.25, 0.3) is 0 Å². The normalized spacial score (nSPS) is 14.2. The molecule has 0 saturated carbocycles. The fourth-order valence-electron chi connectivity index (χ4n) is 4.73. The maximum atomic E-state index is 13.2. The third kappa shape index (κ3) is 3.19. The highest BCUT2D eigenvalue weighted by Gasteiger charge is 2.54. The van der Waals surface area contributed by atoms with Crippen LogP contribution in [0.25, 0.3) is 0 Å². The Morgan fingerprint density at radius 2 is 1.33 bits per heavy atom. The zero-order valence-corrected chi connectivity index (χ0v) is 21.4. The molecule has 0 spiro atoms. The van der Waals surface area contributed by atoms with Gasteiger partial charge in [0.15, 0.2) is 5.60 Å². The van der Waals surface area contributed by atoms with Crippen molar-refractivity contribution in [2.45, 2.75) is 33.3 Å². The summed E-state index contributed by atoms with van der Waals surface area (Å²) >= 11 is 6.95. The van der Waals surface area contributed by atoms with Crippen LogP contribution in [0.2, 0.25) is 0 Å². The molecule has 1 aliphatic heterocycles. The van der Waals surface area contributed by atoms with E-state index < -0.39 is 17.5 Å². The van der Waals surface area contributed by atoms with Crippen LogP contribution in [0.4, 0.5) is 0 Å². The molecule has 1 heterocycles. The molecule has 3 aromatic rings. The summed E-state index contributed by atoms with van der Waals surface area (Å²) in [7, 11) is 0. The van der Waals surface area contributed by atoms with Crippen LogP contribution in [0, 0.1) is 27.7 Å². The predicted octanol–water partition coefficient (Wildman–Crippen LogP) is 6.02. The van der Waals surface area contributed by atoms with Crippen LogP contribution in [0.3, 0.4) is 0 Å². The van der Waals surface area contributed by atoms with E-state index in [9.17, 15) is 24.9 Å². The van der Waals surface area contributed by atoms with E-state index in [0.717, 1.165) is 0 Å². The van der Waals surface area contributed by atoms with Gasteiger partial charge in [-0.25, -0.2) is 9.59 Å². The SMILES string of the molecule is Cc1cc(C)c(C2(c3c(C)cc(C)c(O)c3Br)OC(=O)c3cccc(C(=O)O)c32)c(Br)c1O. The Morgan fingerprint density at radius 1 is 0.848 bits per heavy atom. The number of rotatable bonds is 3. The smallest absolute Gasteiger partial charge is 0.340 e. The summed E-state index contributed by atoms with van der Waals surface area (Å²) in [4.78, 5) is 25.5. The molecule has 0 radical (unpaired) electrons. The first-order valence-corrected chi connectivity index (χ1v) is 11.6. The number of phenolic OH excluding ortho intramolecular Hbond substituents is 2. The number of benzene rings is 3. The van der Waals surface area contributed by atoms with Gasteiger partial charge in [-0.15, -0.1) is 0 Å². The Balaban J connectivity index is 2.32. The van der Waals surface area contributed by atoms with E-state index in [0.29, 0.717) is 33.4 Å². The molecule has 0 aliphatic carbocycles. The summed E-state index contributed by atoms with van der Waals surface area (Å²) in [5.41, 5.74) is 1.62. The molecular formula is C25H20Br2O6. The van der Waals surface area contributed by atoms with Crippen molar-refractivity contribution in [2.24, 2.45) is 0 Å². The van der Waals surface area contributed by atoms with Crippen LogP contribution >= 0.6 is 31.9 Å². The van der Waals surface area contributed by atoms with E-state index in [-0.39, 0.29) is 37.1 Å². The number of carboxylic acids is 1. The van der Waals surface area contributed by atoms with E-state index >= 15 is 0 Å². The number of aromatic hydroxyl groups is 2. The summed E-state index contributed by atoms with van der Waals surface area (Å²) < 4.78 is 6.65. The number of aromatic carboxylic acids is 1. The molecule has 0 atom stereocenters. The lowest BCUT2D eigenvalue weighted by Gasteiger charge is -2.36. The van der Waals surface area contributed by atoms with E-state index in [4.69, 9.17) is 4.74 Å². The number of halogens is 2. The molecule has 0 unspecified atom stereocenters. The maximum absolute atomic E-state index is 13.2. The molecule has 3 aromatic carbocycles. The number of hydrogen-bond donors (Lipinski definition) is 3. The van der Waals surface area contributed by atoms with Crippen LogP contribution < -0.4 is 0 Å². The topological polar surface area (TPSA) is 104 Å². The van der Waals surface area contributed by atoms with E-state index in [1.54, 1.807) is 39.8 Å². The zero-order valence-electron chi connectivity index (χ0n) is 18.2. The predicted molar refractivity (Wildman–Crippen MR) is 129 cm³/mol.